The van der Waals surface area contributed by atoms with Crippen LogP contribution in [0.2, 0.25) is 0 Å². The molecule has 6 aliphatic carbocycles. The SMILES string of the molecule is C=C1[C@@H](OC(=O)C(C)C)[C@@]23C[C@@]4(O)[C@@H]5[C@@]6(C)CCC[C@@]57[C@@H]2[C@@H](O)[C@]1(O)C[C@H]3[C@H]7N4C6. The molecular weight excluding hydrogens is 382 g/mol. The molecule has 3 aliphatic heterocycles. The molecule has 9 fully saturated rings. The van der Waals surface area contributed by atoms with Crippen molar-refractivity contribution in [2.75, 3.05) is 6.54 Å². The Morgan fingerprint density at radius 1 is 1.27 bits per heavy atom. The van der Waals surface area contributed by atoms with Crippen molar-refractivity contribution in [1.29, 1.82) is 0 Å². The minimum atomic E-state index is -1.41. The van der Waals surface area contributed by atoms with E-state index in [0.717, 1.165) is 25.8 Å². The first-order valence-corrected chi connectivity index (χ1v) is 11.8. The smallest absolute Gasteiger partial charge is 0.308 e. The molecule has 9 aliphatic rings. The van der Waals surface area contributed by atoms with E-state index in [1.54, 1.807) is 0 Å². The second-order valence-corrected chi connectivity index (χ2v) is 12.4. The Hall–Kier alpha value is -0.950. The highest BCUT2D eigenvalue weighted by Crippen LogP contribution is 2.89. The summed E-state index contributed by atoms with van der Waals surface area (Å²) in [7, 11) is 0. The van der Waals surface area contributed by atoms with E-state index in [0.29, 0.717) is 18.4 Å². The van der Waals surface area contributed by atoms with Crippen molar-refractivity contribution in [2.24, 2.45) is 39.9 Å². The first-order chi connectivity index (χ1) is 14.0. The van der Waals surface area contributed by atoms with Gasteiger partial charge in [0.2, 0.25) is 0 Å². The van der Waals surface area contributed by atoms with Gasteiger partial charge in [0, 0.05) is 36.3 Å². The van der Waals surface area contributed by atoms with Gasteiger partial charge in [-0.3, -0.25) is 9.69 Å². The molecule has 6 nitrogen and oxygen atoms in total. The number of hydrogen-bond acceptors (Lipinski definition) is 6. The monoisotopic (exact) mass is 415 g/mol. The summed E-state index contributed by atoms with van der Waals surface area (Å²) < 4.78 is 6.09. The highest BCUT2D eigenvalue weighted by molar-refractivity contribution is 5.72. The number of carbonyl (C=O) groups is 1. The van der Waals surface area contributed by atoms with Gasteiger partial charge in [0.15, 0.2) is 0 Å². The topological polar surface area (TPSA) is 90.2 Å². The molecule has 3 saturated heterocycles. The van der Waals surface area contributed by atoms with Gasteiger partial charge >= 0.3 is 5.97 Å². The van der Waals surface area contributed by atoms with Gasteiger partial charge < -0.3 is 20.1 Å². The Labute approximate surface area is 177 Å². The number of nitrogens with zero attached hydrogens (tertiary/aromatic N) is 1. The summed E-state index contributed by atoms with van der Waals surface area (Å²) in [6, 6.07) is 0.150. The van der Waals surface area contributed by atoms with E-state index in [2.05, 4.69) is 18.4 Å². The molecule has 6 saturated carbocycles. The van der Waals surface area contributed by atoms with Crippen molar-refractivity contribution in [3.63, 3.8) is 0 Å². The molecule has 6 heteroatoms. The van der Waals surface area contributed by atoms with Crippen LogP contribution in [0.3, 0.4) is 0 Å². The fourth-order valence-electron chi connectivity index (χ4n) is 10.9. The Morgan fingerprint density at radius 2 is 2.00 bits per heavy atom. The summed E-state index contributed by atoms with van der Waals surface area (Å²) in [6.45, 7) is 11.0. The third kappa shape index (κ3) is 1.44. The van der Waals surface area contributed by atoms with Crippen LogP contribution in [0.5, 0.6) is 0 Å². The second kappa shape index (κ2) is 4.70. The van der Waals surface area contributed by atoms with E-state index in [1.807, 2.05) is 13.8 Å². The van der Waals surface area contributed by atoms with Gasteiger partial charge in [0.25, 0.3) is 0 Å². The number of rotatable bonds is 2. The number of aliphatic hydroxyl groups excluding tert-OH is 1. The zero-order chi connectivity index (χ0) is 21.2. The minimum absolute atomic E-state index is 0.0469. The second-order valence-electron chi connectivity index (χ2n) is 12.4. The largest absolute Gasteiger partial charge is 0.457 e. The summed E-state index contributed by atoms with van der Waals surface area (Å²) in [4.78, 5) is 15.1. The molecule has 0 aromatic heterocycles. The number of aliphatic hydroxyl groups is 3. The molecule has 0 aromatic rings. The Kier molecular flexibility index (Phi) is 2.92. The van der Waals surface area contributed by atoms with Gasteiger partial charge in [0.1, 0.15) is 17.4 Å². The number of fused-ring (bicyclic) bond motifs is 1. The molecule has 0 radical (unpaired) electrons. The lowest BCUT2D eigenvalue weighted by Gasteiger charge is -2.69. The first kappa shape index (κ1) is 18.6. The maximum atomic E-state index is 12.7. The van der Waals surface area contributed by atoms with Crippen molar-refractivity contribution < 1.29 is 24.9 Å². The fraction of sp³-hybridized carbons (Fsp3) is 0.875. The van der Waals surface area contributed by atoms with Gasteiger partial charge in [-0.1, -0.05) is 33.8 Å². The zero-order valence-electron chi connectivity index (χ0n) is 18.1. The summed E-state index contributed by atoms with van der Waals surface area (Å²) >= 11 is 0. The van der Waals surface area contributed by atoms with Crippen molar-refractivity contribution in [3.05, 3.63) is 12.2 Å². The van der Waals surface area contributed by atoms with Gasteiger partial charge in [-0.2, -0.15) is 0 Å². The summed E-state index contributed by atoms with van der Waals surface area (Å²) in [5.41, 5.74) is -2.56. The third-order valence-electron chi connectivity index (χ3n) is 11.2. The fourth-order valence-corrected chi connectivity index (χ4v) is 10.9. The Balaban J connectivity index is 1.47. The van der Waals surface area contributed by atoms with Crippen LogP contribution in [0, 0.1) is 39.9 Å². The highest BCUT2D eigenvalue weighted by Gasteiger charge is 2.95. The van der Waals surface area contributed by atoms with Crippen LogP contribution >= 0.6 is 0 Å². The maximum Gasteiger partial charge on any atom is 0.308 e. The molecule has 2 spiro atoms. The van der Waals surface area contributed by atoms with E-state index in [-0.39, 0.29) is 46.5 Å². The summed E-state index contributed by atoms with van der Waals surface area (Å²) in [6.07, 6.45) is 2.60. The van der Waals surface area contributed by atoms with E-state index in [1.165, 1.54) is 0 Å². The molecule has 12 atom stereocenters. The van der Waals surface area contributed by atoms with Crippen LogP contribution in [-0.2, 0) is 9.53 Å². The zero-order valence-corrected chi connectivity index (χ0v) is 18.1. The average Bonchev–Trinajstić information content (AvgIpc) is 3.03. The standard InChI is InChI=1S/C24H33NO5/c1-11(2)18(27)30-17-12(3)23(28)8-13-15-21-7-5-6-20(4)10-25(15)24(29,19(20)21)9-22(13,17)14(21)16(23)26/h11,13-17,19,26,28-29H,3,5-10H2,1-2,4H3/t13-,14-,15+,16+,17+,19+,20-,21-,22+,23-,24+/m0/s1. The lowest BCUT2D eigenvalue weighted by Crippen LogP contribution is -2.77. The van der Waals surface area contributed by atoms with Crippen LogP contribution in [-0.4, -0.2) is 62.3 Å². The van der Waals surface area contributed by atoms with Gasteiger partial charge in [-0.15, -0.1) is 0 Å². The quantitative estimate of drug-likeness (QED) is 0.467. The molecule has 0 aromatic carbocycles. The van der Waals surface area contributed by atoms with E-state index in [4.69, 9.17) is 4.74 Å². The molecule has 0 amide bonds. The predicted octanol–water partition coefficient (Wildman–Crippen LogP) is 1.43. The number of ether oxygens (including phenoxy) is 1. The van der Waals surface area contributed by atoms with Crippen molar-refractivity contribution in [3.8, 4) is 0 Å². The molecule has 1 unspecified atom stereocenters. The van der Waals surface area contributed by atoms with Crippen LogP contribution in [0.4, 0.5) is 0 Å². The van der Waals surface area contributed by atoms with Gasteiger partial charge in [0.05, 0.1) is 12.0 Å². The average molecular weight is 416 g/mol. The first-order valence-electron chi connectivity index (χ1n) is 11.8. The molecule has 9 rings (SSSR count). The van der Waals surface area contributed by atoms with E-state index in [9.17, 15) is 20.1 Å². The van der Waals surface area contributed by atoms with E-state index >= 15 is 0 Å². The summed E-state index contributed by atoms with van der Waals surface area (Å²) in [5, 5.41) is 35.6. The van der Waals surface area contributed by atoms with Crippen LogP contribution < -0.4 is 0 Å². The maximum absolute atomic E-state index is 12.7. The molecule has 3 heterocycles. The Morgan fingerprint density at radius 3 is 2.70 bits per heavy atom. The van der Waals surface area contributed by atoms with Crippen molar-refractivity contribution >= 4 is 5.97 Å². The van der Waals surface area contributed by atoms with Gasteiger partial charge in [-0.25, -0.2) is 0 Å². The molecular formula is C24H33NO5. The third-order valence-corrected chi connectivity index (χ3v) is 11.2. The number of piperidine rings is 2. The highest BCUT2D eigenvalue weighted by atomic mass is 16.5. The summed E-state index contributed by atoms with van der Waals surface area (Å²) in [5.74, 6) is -0.509. The predicted molar refractivity (Wildman–Crippen MR) is 107 cm³/mol. The van der Waals surface area contributed by atoms with Crippen molar-refractivity contribution in [1.82, 2.24) is 4.90 Å². The minimum Gasteiger partial charge on any atom is -0.457 e. The van der Waals surface area contributed by atoms with Crippen LogP contribution in [0.15, 0.2) is 12.2 Å². The van der Waals surface area contributed by atoms with Crippen LogP contribution in [0.25, 0.3) is 0 Å². The lowest BCUT2D eigenvalue weighted by atomic mass is 9.38. The molecule has 164 valence electrons. The van der Waals surface area contributed by atoms with E-state index < -0.39 is 28.9 Å². The lowest BCUT2D eigenvalue weighted by molar-refractivity contribution is -0.303. The number of carbonyl (C=O) groups excluding carboxylic acids is 1. The van der Waals surface area contributed by atoms with Crippen LogP contribution in [0.1, 0.15) is 52.9 Å². The number of hydrogen-bond donors (Lipinski definition) is 3. The normalized spacial score (nSPS) is 65.7. The van der Waals surface area contributed by atoms with Gasteiger partial charge in [-0.05, 0) is 41.6 Å². The molecule has 9 bridgehead atoms. The van der Waals surface area contributed by atoms with Crippen molar-refractivity contribution in [2.45, 2.75) is 82.5 Å². The Bertz CT molecular complexity index is 919. The number of esters is 1. The molecule has 30 heavy (non-hydrogen) atoms. The molecule has 3 N–H and O–H groups in total.